The first-order valence-corrected chi connectivity index (χ1v) is 4.25. The number of hydrogen-bond acceptors (Lipinski definition) is 3. The number of amides is 2. The quantitative estimate of drug-likeness (QED) is 0.503. The minimum atomic E-state index is -0.651. The zero-order valence-electron chi connectivity index (χ0n) is 7.49. The van der Waals surface area contributed by atoms with E-state index in [1.165, 1.54) is 6.92 Å². The first-order chi connectivity index (χ1) is 6.00. The van der Waals surface area contributed by atoms with Crippen molar-refractivity contribution in [1.82, 2.24) is 5.32 Å². The van der Waals surface area contributed by atoms with Crippen LogP contribution in [-0.2, 0) is 9.59 Å². The molecule has 5 nitrogen and oxygen atoms in total. The molecule has 0 aromatic carbocycles. The van der Waals surface area contributed by atoms with Gasteiger partial charge in [-0.2, -0.15) is 0 Å². The van der Waals surface area contributed by atoms with Crippen LogP contribution >= 0.6 is 0 Å². The zero-order chi connectivity index (χ0) is 10.0. The van der Waals surface area contributed by atoms with Gasteiger partial charge in [-0.05, 0) is 12.8 Å². The lowest BCUT2D eigenvalue weighted by atomic mass is 10.1. The third-order valence-corrected chi connectivity index (χ3v) is 2.32. The lowest BCUT2D eigenvalue weighted by Gasteiger charge is -2.14. The molecular weight excluding hydrogens is 172 g/mol. The average molecular weight is 186 g/mol. The summed E-state index contributed by atoms with van der Waals surface area (Å²) in [5.41, 5.74) is 5.09. The molecule has 0 heterocycles. The van der Waals surface area contributed by atoms with Gasteiger partial charge in [0.15, 0.2) is 0 Å². The lowest BCUT2D eigenvalue weighted by Crippen LogP contribution is -2.38. The van der Waals surface area contributed by atoms with Crippen LogP contribution < -0.4 is 11.1 Å². The minimum absolute atomic E-state index is 0.200. The summed E-state index contributed by atoms with van der Waals surface area (Å²) in [5, 5.41) is 12.0. The maximum atomic E-state index is 10.8. The van der Waals surface area contributed by atoms with Crippen LogP contribution in [0.4, 0.5) is 0 Å². The number of carbonyl (C=O) groups is 2. The van der Waals surface area contributed by atoms with Crippen molar-refractivity contribution < 1.29 is 14.7 Å². The molecule has 0 aromatic heterocycles. The molecule has 3 unspecified atom stereocenters. The van der Waals surface area contributed by atoms with E-state index in [2.05, 4.69) is 5.32 Å². The van der Waals surface area contributed by atoms with E-state index in [0.29, 0.717) is 12.8 Å². The Hall–Kier alpha value is -1.10. The molecule has 3 atom stereocenters. The molecule has 74 valence electrons. The van der Waals surface area contributed by atoms with Gasteiger partial charge in [0.2, 0.25) is 11.8 Å². The monoisotopic (exact) mass is 186 g/mol. The zero-order valence-corrected chi connectivity index (χ0v) is 7.49. The Labute approximate surface area is 76.3 Å². The smallest absolute Gasteiger partial charge is 0.220 e. The van der Waals surface area contributed by atoms with Gasteiger partial charge in [-0.1, -0.05) is 0 Å². The number of carbonyl (C=O) groups excluding carboxylic acids is 2. The van der Waals surface area contributed by atoms with Gasteiger partial charge in [0, 0.05) is 12.8 Å². The number of aliphatic hydroxyl groups excluding tert-OH is 1. The van der Waals surface area contributed by atoms with Crippen LogP contribution in [0.15, 0.2) is 0 Å². The Balaban J connectivity index is 2.51. The van der Waals surface area contributed by atoms with Crippen molar-refractivity contribution >= 4 is 11.8 Å². The second-order valence-electron chi connectivity index (χ2n) is 3.45. The number of nitrogens with one attached hydrogen (secondary N) is 1. The molecule has 0 aliphatic heterocycles. The van der Waals surface area contributed by atoms with Crippen molar-refractivity contribution in [2.75, 3.05) is 0 Å². The van der Waals surface area contributed by atoms with E-state index in [-0.39, 0.29) is 17.9 Å². The number of primary amides is 1. The molecule has 0 saturated heterocycles. The van der Waals surface area contributed by atoms with Crippen LogP contribution in [0.5, 0.6) is 0 Å². The Kier molecular flexibility index (Phi) is 2.87. The summed E-state index contributed by atoms with van der Waals surface area (Å²) in [6, 6.07) is -0.324. The third-order valence-electron chi connectivity index (χ3n) is 2.32. The highest BCUT2D eigenvalue weighted by Gasteiger charge is 2.36. The highest BCUT2D eigenvalue weighted by atomic mass is 16.3. The van der Waals surface area contributed by atoms with Crippen molar-refractivity contribution in [2.45, 2.75) is 31.9 Å². The summed E-state index contributed by atoms with van der Waals surface area (Å²) in [5.74, 6) is -0.923. The number of aliphatic hydroxyl groups is 1. The normalized spacial score (nSPS) is 32.9. The van der Waals surface area contributed by atoms with E-state index >= 15 is 0 Å². The Bertz CT molecular complexity index is 229. The standard InChI is InChI=1S/C8H14N2O3/c1-4(11)10-6-2-5(8(9)13)3-7(6)12/h5-7,12H,2-3H2,1H3,(H2,9,13)(H,10,11). The van der Waals surface area contributed by atoms with Crippen molar-refractivity contribution in [1.29, 1.82) is 0 Å². The van der Waals surface area contributed by atoms with Crippen molar-refractivity contribution in [2.24, 2.45) is 11.7 Å². The van der Waals surface area contributed by atoms with E-state index in [1.807, 2.05) is 0 Å². The topological polar surface area (TPSA) is 92.4 Å². The van der Waals surface area contributed by atoms with Gasteiger partial charge in [0.25, 0.3) is 0 Å². The van der Waals surface area contributed by atoms with Crippen molar-refractivity contribution in [3.8, 4) is 0 Å². The molecule has 1 rings (SSSR count). The molecule has 1 aliphatic rings. The number of hydrogen-bond donors (Lipinski definition) is 3. The lowest BCUT2D eigenvalue weighted by molar-refractivity contribution is -0.122. The van der Waals surface area contributed by atoms with Gasteiger partial charge in [-0.3, -0.25) is 9.59 Å². The molecule has 5 heteroatoms. The van der Waals surface area contributed by atoms with Crippen molar-refractivity contribution in [3.63, 3.8) is 0 Å². The van der Waals surface area contributed by atoms with Gasteiger partial charge < -0.3 is 16.2 Å². The molecular formula is C8H14N2O3. The second kappa shape index (κ2) is 3.74. The number of rotatable bonds is 2. The molecule has 0 bridgehead atoms. The van der Waals surface area contributed by atoms with Gasteiger partial charge in [-0.25, -0.2) is 0 Å². The summed E-state index contributed by atoms with van der Waals surface area (Å²) in [6.45, 7) is 1.38. The molecule has 1 saturated carbocycles. The fraction of sp³-hybridized carbons (Fsp3) is 0.750. The van der Waals surface area contributed by atoms with Gasteiger partial charge in [-0.15, -0.1) is 0 Å². The maximum absolute atomic E-state index is 10.8. The molecule has 2 amide bonds. The Morgan fingerprint density at radius 2 is 2.08 bits per heavy atom. The van der Waals surface area contributed by atoms with Crippen LogP contribution in [0.3, 0.4) is 0 Å². The fourth-order valence-corrected chi connectivity index (χ4v) is 1.66. The van der Waals surface area contributed by atoms with Crippen LogP contribution in [0.1, 0.15) is 19.8 Å². The summed E-state index contributed by atoms with van der Waals surface area (Å²) < 4.78 is 0. The molecule has 0 radical (unpaired) electrons. The molecule has 1 fully saturated rings. The molecule has 4 N–H and O–H groups in total. The second-order valence-corrected chi connectivity index (χ2v) is 3.45. The minimum Gasteiger partial charge on any atom is -0.391 e. The van der Waals surface area contributed by atoms with Crippen molar-refractivity contribution in [3.05, 3.63) is 0 Å². The SMILES string of the molecule is CC(=O)NC1CC(C(N)=O)CC1O. The highest BCUT2D eigenvalue weighted by Crippen LogP contribution is 2.25. The van der Waals surface area contributed by atoms with E-state index < -0.39 is 12.0 Å². The van der Waals surface area contributed by atoms with Gasteiger partial charge in [0.05, 0.1) is 12.1 Å². The Morgan fingerprint density at radius 3 is 2.46 bits per heavy atom. The van der Waals surface area contributed by atoms with Crippen LogP contribution in [0, 0.1) is 5.92 Å². The van der Waals surface area contributed by atoms with Crippen LogP contribution in [0.25, 0.3) is 0 Å². The van der Waals surface area contributed by atoms with E-state index in [0.717, 1.165) is 0 Å². The molecule has 13 heavy (non-hydrogen) atoms. The van der Waals surface area contributed by atoms with Gasteiger partial charge in [0.1, 0.15) is 0 Å². The van der Waals surface area contributed by atoms with E-state index in [4.69, 9.17) is 5.73 Å². The third kappa shape index (κ3) is 2.42. The maximum Gasteiger partial charge on any atom is 0.220 e. The number of nitrogens with two attached hydrogens (primary N) is 1. The predicted octanol–water partition coefficient (Wildman–Crippen LogP) is -1.25. The molecule has 1 aliphatic carbocycles. The summed E-state index contributed by atoms with van der Waals surface area (Å²) >= 11 is 0. The Morgan fingerprint density at radius 1 is 1.46 bits per heavy atom. The van der Waals surface area contributed by atoms with Gasteiger partial charge >= 0.3 is 0 Å². The predicted molar refractivity (Wildman–Crippen MR) is 45.5 cm³/mol. The van der Waals surface area contributed by atoms with Crippen LogP contribution in [-0.4, -0.2) is 29.1 Å². The summed E-state index contributed by atoms with van der Waals surface area (Å²) in [4.78, 5) is 21.5. The van der Waals surface area contributed by atoms with E-state index in [9.17, 15) is 14.7 Å². The fourth-order valence-electron chi connectivity index (χ4n) is 1.66. The first-order valence-electron chi connectivity index (χ1n) is 4.25. The van der Waals surface area contributed by atoms with E-state index in [1.54, 1.807) is 0 Å². The first kappa shape index (κ1) is 9.98. The summed E-state index contributed by atoms with van der Waals surface area (Å²) in [6.07, 6.45) is 0.137. The van der Waals surface area contributed by atoms with Crippen LogP contribution in [0.2, 0.25) is 0 Å². The highest BCUT2D eigenvalue weighted by molar-refractivity contribution is 5.78. The molecule has 0 spiro atoms. The average Bonchev–Trinajstić information content (AvgIpc) is 2.31. The summed E-state index contributed by atoms with van der Waals surface area (Å²) in [7, 11) is 0. The largest absolute Gasteiger partial charge is 0.391 e. The molecule has 0 aromatic rings.